The molecule has 0 bridgehead atoms. The van der Waals surface area contributed by atoms with Crippen LogP contribution in [0.3, 0.4) is 0 Å². The first-order chi connectivity index (χ1) is 23.0. The van der Waals surface area contributed by atoms with Crippen LogP contribution in [0, 0.1) is 29.5 Å². The second-order valence-electron chi connectivity index (χ2n) is 15.0. The average Bonchev–Trinajstić information content (AvgIpc) is 3.85. The first-order valence-electron chi connectivity index (χ1n) is 17.4. The number of morpholine rings is 1. The fraction of sp³-hybridized carbons (Fsp3) is 0.735. The molecular formula is C34H42F4N4O6. The number of fused-ring (bicyclic) bond motifs is 1. The number of carbonyl (C=O) groups is 3. The van der Waals surface area contributed by atoms with Gasteiger partial charge in [-0.1, -0.05) is 0 Å². The molecule has 10 nitrogen and oxygen atoms in total. The van der Waals surface area contributed by atoms with E-state index in [1.165, 1.54) is 12.1 Å². The number of likely N-dealkylation sites (tertiary alicyclic amines) is 1. The Labute approximate surface area is 276 Å². The second kappa shape index (κ2) is 12.1. The zero-order chi connectivity index (χ0) is 33.4. The van der Waals surface area contributed by atoms with Crippen LogP contribution in [0.5, 0.6) is 5.75 Å². The molecular weight excluding hydrogens is 636 g/mol. The van der Waals surface area contributed by atoms with Gasteiger partial charge in [0.05, 0.1) is 37.5 Å². The predicted molar refractivity (Wildman–Crippen MR) is 162 cm³/mol. The van der Waals surface area contributed by atoms with E-state index in [0.29, 0.717) is 57.0 Å². The predicted octanol–water partition coefficient (Wildman–Crippen LogP) is 3.94. The van der Waals surface area contributed by atoms with Gasteiger partial charge in [0, 0.05) is 37.1 Å². The van der Waals surface area contributed by atoms with Gasteiger partial charge in [-0.15, -0.1) is 0 Å². The van der Waals surface area contributed by atoms with Crippen molar-refractivity contribution < 1.29 is 46.2 Å². The van der Waals surface area contributed by atoms with Crippen molar-refractivity contribution in [3.05, 3.63) is 23.5 Å². The molecule has 262 valence electrons. The van der Waals surface area contributed by atoms with Gasteiger partial charge < -0.3 is 29.7 Å². The van der Waals surface area contributed by atoms with Crippen LogP contribution in [0.15, 0.2) is 12.1 Å². The highest BCUT2D eigenvalue weighted by Crippen LogP contribution is 2.52. The molecule has 3 amide bonds. The molecule has 8 rings (SSSR count). The standard InChI is InChI=1S/C34H42F4N4O6/c35-23-11-22-25(42-14-27(34(36,37)38)47-17-28(42)43)13-33(7-9-41(10-8-33)21-15-46-16-21)48-26(22)12-24(23)39-32(45)30(40-31(44)20-5-6-20)29(18-1-2-18)19-3-4-19/h11-12,18-21,25,27,29-30H,1-10,13-17H2,(H,39,45)(H,40,44)/t25?,27?,30-/m0/s1. The summed E-state index contributed by atoms with van der Waals surface area (Å²) >= 11 is 0. The number of nitrogens with zero attached hydrogens (tertiary/aromatic N) is 2. The van der Waals surface area contributed by atoms with E-state index >= 15 is 4.39 Å². The number of ether oxygens (including phenoxy) is 3. The summed E-state index contributed by atoms with van der Waals surface area (Å²) in [5.74, 6) is -1.23. The summed E-state index contributed by atoms with van der Waals surface area (Å²) in [6.07, 6.45) is 0.0442. The molecule has 1 spiro atoms. The maximum atomic E-state index is 16.0. The van der Waals surface area contributed by atoms with E-state index in [0.717, 1.165) is 43.4 Å². The summed E-state index contributed by atoms with van der Waals surface area (Å²) in [7, 11) is 0. The van der Waals surface area contributed by atoms with E-state index in [4.69, 9.17) is 14.2 Å². The Morgan fingerprint density at radius 2 is 1.69 bits per heavy atom. The Hall–Kier alpha value is -2.97. The van der Waals surface area contributed by atoms with E-state index in [1.807, 2.05) is 0 Å². The molecule has 7 aliphatic rings. The summed E-state index contributed by atoms with van der Waals surface area (Å²) < 4.78 is 74.2. The lowest BCUT2D eigenvalue weighted by atomic mass is 9.79. The third kappa shape index (κ3) is 6.39. The topological polar surface area (TPSA) is 109 Å². The quantitative estimate of drug-likeness (QED) is 0.381. The van der Waals surface area contributed by atoms with Gasteiger partial charge in [0.15, 0.2) is 6.10 Å². The van der Waals surface area contributed by atoms with Crippen LogP contribution in [-0.4, -0.2) is 96.9 Å². The summed E-state index contributed by atoms with van der Waals surface area (Å²) in [6, 6.07) is 1.21. The van der Waals surface area contributed by atoms with Crippen molar-refractivity contribution in [3.63, 3.8) is 0 Å². The number of piperidine rings is 1. The SMILES string of the molecule is O=C(N[C@H](C(=O)Nc1cc2c(cc1F)C(N1CC(C(F)(F)F)OCC1=O)CC1(CCN(C3COC3)CC1)O2)C(C1CC1)C1CC1)C1CC1. The number of amides is 3. The lowest BCUT2D eigenvalue weighted by Crippen LogP contribution is -2.59. The average molecular weight is 679 g/mol. The Morgan fingerprint density at radius 3 is 2.27 bits per heavy atom. The Bertz CT molecular complexity index is 1440. The maximum absolute atomic E-state index is 16.0. The van der Waals surface area contributed by atoms with Gasteiger partial charge in [-0.3, -0.25) is 19.3 Å². The highest BCUT2D eigenvalue weighted by molar-refractivity contribution is 5.98. The van der Waals surface area contributed by atoms with Crippen LogP contribution in [-0.2, 0) is 23.9 Å². The first-order valence-corrected chi connectivity index (χ1v) is 17.4. The van der Waals surface area contributed by atoms with Crippen molar-refractivity contribution in [1.29, 1.82) is 0 Å². The second-order valence-corrected chi connectivity index (χ2v) is 15.0. The monoisotopic (exact) mass is 678 g/mol. The Morgan fingerprint density at radius 1 is 1.00 bits per heavy atom. The molecule has 3 atom stereocenters. The minimum absolute atomic E-state index is 0.0162. The van der Waals surface area contributed by atoms with E-state index in [2.05, 4.69) is 15.5 Å². The van der Waals surface area contributed by atoms with Crippen molar-refractivity contribution in [2.45, 2.75) is 93.8 Å². The number of anilines is 1. The van der Waals surface area contributed by atoms with Crippen LogP contribution < -0.4 is 15.4 Å². The number of nitrogens with one attached hydrogen (secondary N) is 2. The highest BCUT2D eigenvalue weighted by Gasteiger charge is 2.52. The number of rotatable bonds is 9. The number of hydrogen-bond acceptors (Lipinski definition) is 7. The number of hydrogen-bond donors (Lipinski definition) is 2. The van der Waals surface area contributed by atoms with E-state index in [-0.39, 0.29) is 41.2 Å². The minimum Gasteiger partial charge on any atom is -0.487 e. The van der Waals surface area contributed by atoms with Gasteiger partial charge in [0.2, 0.25) is 17.7 Å². The number of halogens is 4. The fourth-order valence-electron chi connectivity index (χ4n) is 8.21. The third-order valence-electron chi connectivity index (χ3n) is 11.5. The molecule has 3 saturated carbocycles. The van der Waals surface area contributed by atoms with Gasteiger partial charge in [0.25, 0.3) is 0 Å². The Balaban J connectivity index is 1.09. The smallest absolute Gasteiger partial charge is 0.416 e. The van der Waals surface area contributed by atoms with Gasteiger partial charge in [-0.2, -0.15) is 13.2 Å². The van der Waals surface area contributed by atoms with Crippen molar-refractivity contribution in [1.82, 2.24) is 15.1 Å². The van der Waals surface area contributed by atoms with E-state index in [1.54, 1.807) is 0 Å². The molecule has 6 fully saturated rings. The number of alkyl halides is 3. The molecule has 2 N–H and O–H groups in total. The van der Waals surface area contributed by atoms with Crippen LogP contribution in [0.1, 0.15) is 69.4 Å². The Kier molecular flexibility index (Phi) is 8.14. The van der Waals surface area contributed by atoms with Crippen molar-refractivity contribution >= 4 is 23.4 Å². The first kappa shape index (κ1) is 32.2. The summed E-state index contributed by atoms with van der Waals surface area (Å²) in [6.45, 7) is 1.21. The fourth-order valence-corrected chi connectivity index (χ4v) is 8.21. The maximum Gasteiger partial charge on any atom is 0.416 e. The van der Waals surface area contributed by atoms with Gasteiger partial charge >= 0.3 is 6.18 Å². The van der Waals surface area contributed by atoms with Crippen LogP contribution >= 0.6 is 0 Å². The van der Waals surface area contributed by atoms with Crippen LogP contribution in [0.25, 0.3) is 0 Å². The van der Waals surface area contributed by atoms with Gasteiger partial charge in [-0.05, 0) is 75.2 Å². The highest BCUT2D eigenvalue weighted by atomic mass is 19.4. The third-order valence-corrected chi connectivity index (χ3v) is 11.5. The lowest BCUT2D eigenvalue weighted by Gasteiger charge is -2.51. The van der Waals surface area contributed by atoms with E-state index < -0.39 is 60.7 Å². The molecule has 0 radical (unpaired) electrons. The molecule has 3 saturated heterocycles. The summed E-state index contributed by atoms with van der Waals surface area (Å²) in [4.78, 5) is 43.4. The zero-order valence-electron chi connectivity index (χ0n) is 26.7. The van der Waals surface area contributed by atoms with Crippen molar-refractivity contribution in [2.75, 3.05) is 44.8 Å². The molecule has 1 aromatic carbocycles. The van der Waals surface area contributed by atoms with Gasteiger partial charge in [-0.25, -0.2) is 4.39 Å². The van der Waals surface area contributed by atoms with Crippen molar-refractivity contribution in [3.8, 4) is 5.75 Å². The normalized spacial score (nSPS) is 28.4. The summed E-state index contributed by atoms with van der Waals surface area (Å²) in [5, 5.41) is 5.75. The molecule has 48 heavy (non-hydrogen) atoms. The van der Waals surface area contributed by atoms with Crippen LogP contribution in [0.4, 0.5) is 23.2 Å². The number of carbonyl (C=O) groups excluding carboxylic acids is 3. The van der Waals surface area contributed by atoms with Crippen LogP contribution in [0.2, 0.25) is 0 Å². The molecule has 4 heterocycles. The number of benzene rings is 1. The molecule has 3 aliphatic carbocycles. The van der Waals surface area contributed by atoms with E-state index in [9.17, 15) is 27.6 Å². The summed E-state index contributed by atoms with van der Waals surface area (Å²) in [5.41, 5.74) is -0.681. The molecule has 14 heteroatoms. The van der Waals surface area contributed by atoms with Gasteiger partial charge in [0.1, 0.15) is 29.8 Å². The zero-order valence-corrected chi connectivity index (χ0v) is 26.7. The van der Waals surface area contributed by atoms with Crippen molar-refractivity contribution in [2.24, 2.45) is 23.7 Å². The largest absolute Gasteiger partial charge is 0.487 e. The minimum atomic E-state index is -4.68. The molecule has 2 unspecified atom stereocenters. The lowest BCUT2D eigenvalue weighted by molar-refractivity contribution is -0.238. The molecule has 1 aromatic rings. The molecule has 0 aromatic heterocycles. The molecule has 4 aliphatic heterocycles.